The van der Waals surface area contributed by atoms with Gasteiger partial charge in [0, 0.05) is 11.3 Å². The number of fused-ring (bicyclic) bond motifs is 1. The van der Waals surface area contributed by atoms with Crippen LogP contribution in [0.25, 0.3) is 33.9 Å². The van der Waals surface area contributed by atoms with Crippen molar-refractivity contribution in [2.24, 2.45) is 0 Å². The van der Waals surface area contributed by atoms with E-state index in [1.54, 1.807) is 56.7 Å². The van der Waals surface area contributed by atoms with E-state index in [0.717, 1.165) is 0 Å². The molecular weight excluding hydrogens is 494 g/mol. The van der Waals surface area contributed by atoms with E-state index in [1.807, 2.05) is 0 Å². The number of carbonyl (C=O) groups is 1. The first kappa shape index (κ1) is 24.4. The number of anilines is 1. The molecule has 0 aliphatic heterocycles. The Morgan fingerprint density at radius 3 is 2.45 bits per heavy atom. The number of nitro groups is 1. The highest BCUT2D eigenvalue weighted by atomic mass is 16.6. The Bertz CT molecular complexity index is 1670. The number of aromatic nitrogens is 1. The molecule has 5 rings (SSSR count). The molecule has 2 heterocycles. The zero-order valence-corrected chi connectivity index (χ0v) is 20.5. The Balaban J connectivity index is 1.37. The largest absolute Gasteiger partial charge is 0.497 e. The van der Waals surface area contributed by atoms with Crippen molar-refractivity contribution >= 4 is 28.4 Å². The van der Waals surface area contributed by atoms with E-state index in [9.17, 15) is 14.9 Å². The van der Waals surface area contributed by atoms with Crippen LogP contribution >= 0.6 is 0 Å². The van der Waals surface area contributed by atoms with Crippen molar-refractivity contribution in [3.05, 3.63) is 82.6 Å². The molecule has 38 heavy (non-hydrogen) atoms. The fourth-order valence-corrected chi connectivity index (χ4v) is 3.89. The molecule has 0 fully saturated rings. The molecule has 5 aromatic rings. The van der Waals surface area contributed by atoms with Crippen molar-refractivity contribution < 1.29 is 32.8 Å². The van der Waals surface area contributed by atoms with Crippen LogP contribution in [0.15, 0.2) is 75.6 Å². The van der Waals surface area contributed by atoms with Crippen molar-refractivity contribution in [1.82, 2.24) is 4.98 Å². The van der Waals surface area contributed by atoms with Crippen molar-refractivity contribution in [1.29, 1.82) is 0 Å². The van der Waals surface area contributed by atoms with Gasteiger partial charge in [-0.3, -0.25) is 14.9 Å². The number of furan rings is 1. The van der Waals surface area contributed by atoms with Crippen LogP contribution in [0.3, 0.4) is 0 Å². The fourth-order valence-electron chi connectivity index (χ4n) is 3.89. The number of ether oxygens (including phenoxy) is 3. The van der Waals surface area contributed by atoms with Crippen LogP contribution in [-0.4, -0.2) is 37.1 Å². The average molecular weight is 515 g/mol. The summed E-state index contributed by atoms with van der Waals surface area (Å²) in [7, 11) is 4.52. The first-order valence-electron chi connectivity index (χ1n) is 11.3. The van der Waals surface area contributed by atoms with Gasteiger partial charge in [-0.2, -0.15) is 0 Å². The topological polar surface area (TPSA) is 139 Å². The highest BCUT2D eigenvalue weighted by molar-refractivity contribution is 6.03. The average Bonchev–Trinajstić information content (AvgIpc) is 3.60. The van der Waals surface area contributed by atoms with Gasteiger partial charge in [0.05, 0.1) is 37.9 Å². The Labute approximate surface area is 215 Å². The van der Waals surface area contributed by atoms with E-state index < -0.39 is 10.8 Å². The molecule has 0 saturated carbocycles. The molecule has 0 aliphatic rings. The summed E-state index contributed by atoms with van der Waals surface area (Å²) in [6, 6.07) is 17.7. The van der Waals surface area contributed by atoms with Crippen LogP contribution in [0, 0.1) is 10.1 Å². The molecule has 11 nitrogen and oxygen atoms in total. The molecule has 192 valence electrons. The second-order valence-electron chi connectivity index (χ2n) is 8.03. The van der Waals surface area contributed by atoms with Gasteiger partial charge in [0.15, 0.2) is 22.8 Å². The molecule has 1 N–H and O–H groups in total. The maximum absolute atomic E-state index is 12.8. The minimum atomic E-state index is -0.538. The van der Waals surface area contributed by atoms with E-state index in [2.05, 4.69) is 10.3 Å². The first-order chi connectivity index (χ1) is 18.4. The molecule has 0 bridgehead atoms. The number of nitrogens with one attached hydrogen (secondary N) is 1. The summed E-state index contributed by atoms with van der Waals surface area (Å²) in [6.45, 7) is 0. The number of amides is 1. The SMILES string of the molecule is COc1ccc(-c2ccc(C(=O)Nc3ccc4oc(-c5ccc(OC)c(OC)c5)nc4c3)o2)c([N+](=O)[O-])c1. The second kappa shape index (κ2) is 9.97. The highest BCUT2D eigenvalue weighted by Gasteiger charge is 2.21. The minimum Gasteiger partial charge on any atom is -0.497 e. The van der Waals surface area contributed by atoms with Crippen molar-refractivity contribution in [3.8, 4) is 40.0 Å². The molecular formula is C27H21N3O8. The van der Waals surface area contributed by atoms with Crippen molar-refractivity contribution in [3.63, 3.8) is 0 Å². The Hall–Kier alpha value is -5.32. The molecule has 2 aromatic heterocycles. The Kier molecular flexibility index (Phi) is 6.40. The van der Waals surface area contributed by atoms with Crippen LogP contribution in [0.1, 0.15) is 10.6 Å². The lowest BCUT2D eigenvalue weighted by molar-refractivity contribution is -0.384. The molecule has 11 heteroatoms. The van der Waals surface area contributed by atoms with Crippen LogP contribution in [-0.2, 0) is 0 Å². The predicted molar refractivity (Wildman–Crippen MR) is 138 cm³/mol. The van der Waals surface area contributed by atoms with Gasteiger partial charge in [0.25, 0.3) is 11.6 Å². The molecule has 0 atom stereocenters. The van der Waals surface area contributed by atoms with Gasteiger partial charge in [0.1, 0.15) is 17.0 Å². The number of carbonyl (C=O) groups excluding carboxylic acids is 1. The maximum atomic E-state index is 12.8. The fraction of sp³-hybridized carbons (Fsp3) is 0.111. The van der Waals surface area contributed by atoms with Gasteiger partial charge < -0.3 is 28.4 Å². The number of rotatable bonds is 8. The smallest absolute Gasteiger partial charge is 0.291 e. The molecule has 0 aliphatic carbocycles. The molecule has 0 unspecified atom stereocenters. The van der Waals surface area contributed by atoms with Crippen LogP contribution in [0.4, 0.5) is 11.4 Å². The molecule has 1 amide bonds. The van der Waals surface area contributed by atoms with E-state index in [1.165, 1.54) is 31.4 Å². The van der Waals surface area contributed by atoms with Crippen molar-refractivity contribution in [2.75, 3.05) is 26.6 Å². The quantitative estimate of drug-likeness (QED) is 0.196. The number of oxazole rings is 1. The predicted octanol–water partition coefficient (Wildman–Crippen LogP) is 5.94. The van der Waals surface area contributed by atoms with Gasteiger partial charge in [0.2, 0.25) is 5.89 Å². The number of hydrogen-bond acceptors (Lipinski definition) is 9. The summed E-state index contributed by atoms with van der Waals surface area (Å²) in [5.74, 6) is 1.46. The number of methoxy groups -OCH3 is 3. The number of nitrogens with zero attached hydrogens (tertiary/aromatic N) is 2. The zero-order chi connectivity index (χ0) is 26.8. The van der Waals surface area contributed by atoms with Crippen LogP contribution in [0.5, 0.6) is 17.2 Å². The lowest BCUT2D eigenvalue weighted by Gasteiger charge is -2.07. The standard InChI is InChI=1S/C27H21N3O8/c1-34-17-6-7-18(20(14-17)30(32)33)21-10-11-24(37-21)26(31)28-16-5-9-22-19(13-16)29-27(38-22)15-4-8-23(35-2)25(12-15)36-3/h4-14H,1-3H3,(H,28,31). The van der Waals surface area contributed by atoms with Gasteiger partial charge in [-0.25, -0.2) is 4.98 Å². The summed E-state index contributed by atoms with van der Waals surface area (Å²) in [5.41, 5.74) is 2.23. The lowest BCUT2D eigenvalue weighted by Crippen LogP contribution is -2.10. The van der Waals surface area contributed by atoms with Gasteiger partial charge in [-0.05, 0) is 60.7 Å². The normalized spacial score (nSPS) is 10.8. The third-order valence-corrected chi connectivity index (χ3v) is 5.77. The molecule has 0 spiro atoms. The van der Waals surface area contributed by atoms with E-state index in [0.29, 0.717) is 45.5 Å². The monoisotopic (exact) mass is 515 g/mol. The third kappa shape index (κ3) is 4.60. The van der Waals surface area contributed by atoms with Gasteiger partial charge in [-0.15, -0.1) is 0 Å². The minimum absolute atomic E-state index is 0.0172. The Morgan fingerprint density at radius 1 is 0.895 bits per heavy atom. The number of benzene rings is 3. The number of nitro benzene ring substituents is 1. The number of hydrogen-bond donors (Lipinski definition) is 1. The summed E-state index contributed by atoms with van der Waals surface area (Å²) >= 11 is 0. The summed E-state index contributed by atoms with van der Waals surface area (Å²) in [4.78, 5) is 28.3. The van der Waals surface area contributed by atoms with Crippen molar-refractivity contribution in [2.45, 2.75) is 0 Å². The van der Waals surface area contributed by atoms with Crippen LogP contribution < -0.4 is 19.5 Å². The molecule has 0 radical (unpaired) electrons. The van der Waals surface area contributed by atoms with E-state index in [-0.39, 0.29) is 22.8 Å². The maximum Gasteiger partial charge on any atom is 0.291 e. The van der Waals surface area contributed by atoms with E-state index in [4.69, 9.17) is 23.0 Å². The second-order valence-corrected chi connectivity index (χ2v) is 8.03. The molecule has 0 saturated heterocycles. The van der Waals surface area contributed by atoms with E-state index >= 15 is 0 Å². The summed E-state index contributed by atoms with van der Waals surface area (Å²) < 4.78 is 27.2. The van der Waals surface area contributed by atoms with Gasteiger partial charge in [-0.1, -0.05) is 0 Å². The third-order valence-electron chi connectivity index (χ3n) is 5.77. The summed E-state index contributed by atoms with van der Waals surface area (Å²) in [5, 5.41) is 14.3. The zero-order valence-electron chi connectivity index (χ0n) is 20.5. The first-order valence-corrected chi connectivity index (χ1v) is 11.3. The highest BCUT2D eigenvalue weighted by Crippen LogP contribution is 2.35. The van der Waals surface area contributed by atoms with Gasteiger partial charge >= 0.3 is 0 Å². The Morgan fingerprint density at radius 2 is 1.71 bits per heavy atom. The van der Waals surface area contributed by atoms with Crippen LogP contribution in [0.2, 0.25) is 0 Å². The molecule has 3 aromatic carbocycles. The lowest BCUT2D eigenvalue weighted by atomic mass is 10.1. The summed E-state index contributed by atoms with van der Waals surface area (Å²) in [6.07, 6.45) is 0.